The molecule has 2 N–H and O–H groups in total. The Morgan fingerprint density at radius 1 is 1.21 bits per heavy atom. The van der Waals surface area contributed by atoms with E-state index in [1.165, 1.54) is 0 Å². The molecule has 1 heterocycles. The first-order valence-corrected chi connectivity index (χ1v) is 7.68. The highest BCUT2D eigenvalue weighted by Gasteiger charge is 2.21. The van der Waals surface area contributed by atoms with Gasteiger partial charge in [-0.3, -0.25) is 9.59 Å². The van der Waals surface area contributed by atoms with Crippen molar-refractivity contribution in [2.75, 3.05) is 23.8 Å². The molecule has 0 atom stereocenters. The molecule has 2 amide bonds. The Labute approximate surface area is 139 Å². The van der Waals surface area contributed by atoms with Crippen LogP contribution < -0.4 is 15.4 Å². The van der Waals surface area contributed by atoms with Crippen molar-refractivity contribution < 1.29 is 19.1 Å². The molecular formula is C18H18N2O4. The third-order valence-electron chi connectivity index (χ3n) is 3.55. The summed E-state index contributed by atoms with van der Waals surface area (Å²) in [5.74, 6) is 0.472. The number of amides is 2. The summed E-state index contributed by atoms with van der Waals surface area (Å²) in [6.45, 7) is 4.19. The third kappa shape index (κ3) is 3.38. The van der Waals surface area contributed by atoms with Gasteiger partial charge >= 0.3 is 0 Å². The molecule has 6 nitrogen and oxygen atoms in total. The van der Waals surface area contributed by atoms with Crippen LogP contribution in [-0.2, 0) is 9.53 Å². The number of fused-ring (bicyclic) bond motifs is 2. The SMILES string of the molecule is CCOCC(=O)Nc1ccc2c(c1)C(=O)Nc1cc(C)ccc1O2. The van der Waals surface area contributed by atoms with Gasteiger partial charge in [0, 0.05) is 12.3 Å². The molecule has 3 rings (SSSR count). The molecule has 0 bridgehead atoms. The van der Waals surface area contributed by atoms with Gasteiger partial charge in [0.1, 0.15) is 12.4 Å². The summed E-state index contributed by atoms with van der Waals surface area (Å²) >= 11 is 0. The third-order valence-corrected chi connectivity index (χ3v) is 3.55. The Kier molecular flexibility index (Phi) is 4.48. The average molecular weight is 326 g/mol. The molecule has 0 fully saturated rings. The van der Waals surface area contributed by atoms with Crippen LogP contribution in [0.4, 0.5) is 11.4 Å². The Morgan fingerprint density at radius 2 is 2.00 bits per heavy atom. The molecule has 2 aromatic rings. The number of benzene rings is 2. The van der Waals surface area contributed by atoms with E-state index in [1.54, 1.807) is 18.2 Å². The number of nitrogens with one attached hydrogen (secondary N) is 2. The summed E-state index contributed by atoms with van der Waals surface area (Å²) in [5.41, 5.74) is 2.52. The maximum Gasteiger partial charge on any atom is 0.259 e. The van der Waals surface area contributed by atoms with E-state index in [4.69, 9.17) is 9.47 Å². The van der Waals surface area contributed by atoms with Crippen LogP contribution >= 0.6 is 0 Å². The van der Waals surface area contributed by atoms with E-state index in [9.17, 15) is 9.59 Å². The van der Waals surface area contributed by atoms with Gasteiger partial charge < -0.3 is 20.1 Å². The van der Waals surface area contributed by atoms with Gasteiger partial charge in [0.05, 0.1) is 11.3 Å². The molecule has 0 saturated carbocycles. The second kappa shape index (κ2) is 6.72. The van der Waals surface area contributed by atoms with Crippen molar-refractivity contribution in [3.8, 4) is 11.5 Å². The smallest absolute Gasteiger partial charge is 0.259 e. The van der Waals surface area contributed by atoms with E-state index >= 15 is 0 Å². The molecule has 1 aliphatic heterocycles. The Balaban J connectivity index is 1.86. The largest absolute Gasteiger partial charge is 0.454 e. The molecule has 0 unspecified atom stereocenters. The molecule has 0 radical (unpaired) electrons. The van der Waals surface area contributed by atoms with Crippen LogP contribution in [0.3, 0.4) is 0 Å². The van der Waals surface area contributed by atoms with E-state index in [-0.39, 0.29) is 18.4 Å². The van der Waals surface area contributed by atoms with E-state index in [2.05, 4.69) is 10.6 Å². The van der Waals surface area contributed by atoms with Crippen LogP contribution in [0.5, 0.6) is 11.5 Å². The van der Waals surface area contributed by atoms with Crippen molar-refractivity contribution in [1.29, 1.82) is 0 Å². The highest BCUT2D eigenvalue weighted by molar-refractivity contribution is 6.09. The molecule has 0 saturated heterocycles. The second-order valence-electron chi connectivity index (χ2n) is 5.45. The molecule has 0 spiro atoms. The molecule has 124 valence electrons. The van der Waals surface area contributed by atoms with Gasteiger partial charge in [0.15, 0.2) is 5.75 Å². The van der Waals surface area contributed by atoms with E-state index in [0.29, 0.717) is 35.0 Å². The zero-order chi connectivity index (χ0) is 17.1. The van der Waals surface area contributed by atoms with Crippen LogP contribution in [0, 0.1) is 6.92 Å². The lowest BCUT2D eigenvalue weighted by Gasteiger charge is -2.10. The van der Waals surface area contributed by atoms with Gasteiger partial charge in [-0.15, -0.1) is 0 Å². The molecule has 1 aliphatic rings. The van der Waals surface area contributed by atoms with Crippen molar-refractivity contribution in [3.05, 3.63) is 47.5 Å². The average Bonchev–Trinajstić information content (AvgIpc) is 2.69. The van der Waals surface area contributed by atoms with Gasteiger partial charge in [-0.2, -0.15) is 0 Å². The first-order valence-electron chi connectivity index (χ1n) is 7.68. The maximum atomic E-state index is 12.5. The monoisotopic (exact) mass is 326 g/mol. The standard InChI is InChI=1S/C18H18N2O4/c1-3-23-10-17(21)19-12-5-7-15-13(9-12)18(22)20-14-8-11(2)4-6-16(14)24-15/h4-9H,3,10H2,1-2H3,(H,19,21)(H,20,22). The van der Waals surface area contributed by atoms with Crippen LogP contribution in [0.15, 0.2) is 36.4 Å². The summed E-state index contributed by atoms with van der Waals surface area (Å²) in [6, 6.07) is 10.5. The van der Waals surface area contributed by atoms with Gasteiger partial charge in [-0.05, 0) is 49.7 Å². The summed E-state index contributed by atoms with van der Waals surface area (Å²) < 4.78 is 10.9. The minimum Gasteiger partial charge on any atom is -0.454 e. The van der Waals surface area contributed by atoms with Crippen LogP contribution in [-0.4, -0.2) is 25.0 Å². The zero-order valence-corrected chi connectivity index (χ0v) is 13.5. The number of carbonyl (C=O) groups excluding carboxylic acids is 2. The molecule has 24 heavy (non-hydrogen) atoms. The number of anilines is 2. The van der Waals surface area contributed by atoms with Crippen molar-refractivity contribution in [2.24, 2.45) is 0 Å². The lowest BCUT2D eigenvalue weighted by Crippen LogP contribution is -2.18. The number of hydrogen-bond donors (Lipinski definition) is 2. The van der Waals surface area contributed by atoms with Crippen LogP contribution in [0.1, 0.15) is 22.8 Å². The van der Waals surface area contributed by atoms with Crippen molar-refractivity contribution in [3.63, 3.8) is 0 Å². The lowest BCUT2D eigenvalue weighted by atomic mass is 10.1. The summed E-state index contributed by atoms with van der Waals surface area (Å²) in [5, 5.41) is 5.53. The number of carbonyl (C=O) groups is 2. The zero-order valence-electron chi connectivity index (χ0n) is 13.5. The fourth-order valence-corrected chi connectivity index (χ4v) is 2.40. The summed E-state index contributed by atoms with van der Waals surface area (Å²) in [6.07, 6.45) is 0. The minimum atomic E-state index is -0.282. The van der Waals surface area contributed by atoms with Gasteiger partial charge in [-0.25, -0.2) is 0 Å². The fraction of sp³-hybridized carbons (Fsp3) is 0.222. The Bertz CT molecular complexity index is 802. The topological polar surface area (TPSA) is 76.7 Å². The van der Waals surface area contributed by atoms with Gasteiger partial charge in [-0.1, -0.05) is 6.07 Å². The fourth-order valence-electron chi connectivity index (χ4n) is 2.40. The molecule has 0 aliphatic carbocycles. The normalized spacial score (nSPS) is 12.3. The summed E-state index contributed by atoms with van der Waals surface area (Å²) in [7, 11) is 0. The molecule has 6 heteroatoms. The van der Waals surface area contributed by atoms with Crippen molar-refractivity contribution in [1.82, 2.24) is 0 Å². The quantitative estimate of drug-likeness (QED) is 0.903. The number of ether oxygens (including phenoxy) is 2. The van der Waals surface area contributed by atoms with Gasteiger partial charge in [0.2, 0.25) is 5.91 Å². The predicted octanol–water partition coefficient (Wildman–Crippen LogP) is 3.33. The Hall–Kier alpha value is -2.86. The Morgan fingerprint density at radius 3 is 2.79 bits per heavy atom. The maximum absolute atomic E-state index is 12.5. The number of hydrogen-bond acceptors (Lipinski definition) is 4. The van der Waals surface area contributed by atoms with Crippen LogP contribution in [0.25, 0.3) is 0 Å². The first-order chi connectivity index (χ1) is 11.6. The lowest BCUT2D eigenvalue weighted by molar-refractivity contribution is -0.120. The predicted molar refractivity (Wildman–Crippen MR) is 90.8 cm³/mol. The first kappa shape index (κ1) is 16.0. The number of rotatable bonds is 4. The van der Waals surface area contributed by atoms with Crippen molar-refractivity contribution in [2.45, 2.75) is 13.8 Å². The number of aryl methyl sites for hydroxylation is 1. The van der Waals surface area contributed by atoms with Gasteiger partial charge in [0.25, 0.3) is 5.91 Å². The molecule has 2 aromatic carbocycles. The highest BCUT2D eigenvalue weighted by Crippen LogP contribution is 2.37. The van der Waals surface area contributed by atoms with Crippen molar-refractivity contribution >= 4 is 23.2 Å². The van der Waals surface area contributed by atoms with Crippen LogP contribution in [0.2, 0.25) is 0 Å². The van der Waals surface area contributed by atoms with E-state index in [1.807, 2.05) is 32.0 Å². The minimum absolute atomic E-state index is 0.0268. The molecular weight excluding hydrogens is 308 g/mol. The summed E-state index contributed by atoms with van der Waals surface area (Å²) in [4.78, 5) is 24.2. The molecule has 0 aromatic heterocycles. The van der Waals surface area contributed by atoms with E-state index < -0.39 is 0 Å². The highest BCUT2D eigenvalue weighted by atomic mass is 16.5. The van der Waals surface area contributed by atoms with E-state index in [0.717, 1.165) is 5.56 Å². The second-order valence-corrected chi connectivity index (χ2v) is 5.45.